The van der Waals surface area contributed by atoms with E-state index in [0.29, 0.717) is 6.54 Å². The second-order valence-corrected chi connectivity index (χ2v) is 6.91. The van der Waals surface area contributed by atoms with Gasteiger partial charge in [-0.1, -0.05) is 55.8 Å². The van der Waals surface area contributed by atoms with Gasteiger partial charge in [0.25, 0.3) is 0 Å². The van der Waals surface area contributed by atoms with Crippen LogP contribution in [-0.4, -0.2) is 40.9 Å². The topological polar surface area (TPSA) is 43.7 Å². The van der Waals surface area contributed by atoms with Gasteiger partial charge in [0, 0.05) is 18.5 Å². The van der Waals surface area contributed by atoms with Gasteiger partial charge in [0.1, 0.15) is 0 Å². The highest BCUT2D eigenvalue weighted by molar-refractivity contribution is 5.85. The van der Waals surface area contributed by atoms with Crippen molar-refractivity contribution in [2.24, 2.45) is 5.41 Å². The van der Waals surface area contributed by atoms with Crippen LogP contribution in [0, 0.1) is 5.41 Å². The van der Waals surface area contributed by atoms with Crippen LogP contribution in [0.5, 0.6) is 0 Å². The summed E-state index contributed by atoms with van der Waals surface area (Å²) in [6.07, 6.45) is 2.31. The van der Waals surface area contributed by atoms with Gasteiger partial charge in [-0.3, -0.25) is 4.90 Å². The van der Waals surface area contributed by atoms with Crippen molar-refractivity contribution in [2.75, 3.05) is 19.7 Å². The zero-order valence-corrected chi connectivity index (χ0v) is 13.9. The molecule has 3 heteroatoms. The van der Waals surface area contributed by atoms with Crippen LogP contribution < -0.4 is 0 Å². The molecule has 0 aliphatic carbocycles. The first-order chi connectivity index (χ1) is 11.2. The summed E-state index contributed by atoms with van der Waals surface area (Å²) in [7, 11) is 0. The minimum Gasteiger partial charge on any atom is -0.396 e. The maximum atomic E-state index is 10.6. The summed E-state index contributed by atoms with van der Waals surface area (Å²) in [5.74, 6) is 0. The Hall–Kier alpha value is -1.42. The number of rotatable bonds is 5. The zero-order valence-electron chi connectivity index (χ0n) is 13.9. The molecule has 2 aromatic carbocycles. The van der Waals surface area contributed by atoms with Crippen LogP contribution in [0.25, 0.3) is 10.8 Å². The summed E-state index contributed by atoms with van der Waals surface area (Å²) in [4.78, 5) is 2.32. The van der Waals surface area contributed by atoms with Crippen molar-refractivity contribution in [3.05, 3.63) is 48.0 Å². The molecule has 2 N–H and O–H groups in total. The number of fused-ring (bicyclic) bond motifs is 1. The van der Waals surface area contributed by atoms with Crippen LogP contribution in [0.4, 0.5) is 0 Å². The van der Waals surface area contributed by atoms with Crippen molar-refractivity contribution >= 4 is 10.8 Å². The number of piperidine rings is 1. The molecule has 124 valence electrons. The van der Waals surface area contributed by atoms with Gasteiger partial charge >= 0.3 is 0 Å². The first-order valence-electron chi connectivity index (χ1n) is 8.66. The Bertz CT molecular complexity index is 652. The van der Waals surface area contributed by atoms with Crippen molar-refractivity contribution in [1.82, 2.24) is 4.90 Å². The third-order valence-electron chi connectivity index (χ3n) is 5.40. The fraction of sp³-hybridized carbons (Fsp3) is 0.500. The molecule has 3 rings (SSSR count). The summed E-state index contributed by atoms with van der Waals surface area (Å²) in [5, 5.41) is 22.9. The molecule has 0 amide bonds. The highest BCUT2D eigenvalue weighted by Gasteiger charge is 2.40. The average Bonchev–Trinajstić information content (AvgIpc) is 2.58. The lowest BCUT2D eigenvalue weighted by molar-refractivity contribution is -0.0802. The fourth-order valence-corrected chi connectivity index (χ4v) is 3.94. The summed E-state index contributed by atoms with van der Waals surface area (Å²) < 4.78 is 0. The Morgan fingerprint density at radius 1 is 1.17 bits per heavy atom. The number of aliphatic hydroxyl groups is 2. The number of aliphatic hydroxyl groups excluding tert-OH is 2. The predicted molar refractivity (Wildman–Crippen MR) is 94.3 cm³/mol. The zero-order chi connectivity index (χ0) is 16.3. The van der Waals surface area contributed by atoms with Crippen LogP contribution in [0.2, 0.25) is 0 Å². The van der Waals surface area contributed by atoms with Crippen LogP contribution >= 0.6 is 0 Å². The van der Waals surface area contributed by atoms with E-state index >= 15 is 0 Å². The van der Waals surface area contributed by atoms with Crippen LogP contribution in [0.1, 0.15) is 31.7 Å². The standard InChI is InChI=1S/C20H27NO2/c1-2-10-20(15-22)11-12-21(14-19(20)23)13-17-8-5-7-16-6-3-4-9-18(16)17/h3-9,19,22-23H,2,10-15H2,1H3/t19-,20-/m1/s1. The van der Waals surface area contributed by atoms with Gasteiger partial charge in [0.05, 0.1) is 12.7 Å². The van der Waals surface area contributed by atoms with Gasteiger partial charge in [0.2, 0.25) is 0 Å². The first kappa shape index (κ1) is 16.4. The largest absolute Gasteiger partial charge is 0.396 e. The molecule has 0 radical (unpaired) electrons. The van der Waals surface area contributed by atoms with E-state index in [9.17, 15) is 10.2 Å². The summed E-state index contributed by atoms with van der Waals surface area (Å²) >= 11 is 0. The van der Waals surface area contributed by atoms with Crippen LogP contribution in [0.3, 0.4) is 0 Å². The first-order valence-corrected chi connectivity index (χ1v) is 8.66. The SMILES string of the molecule is CCC[C@]1(CO)CCN(Cc2cccc3ccccc23)C[C@H]1O. The molecule has 2 atom stereocenters. The monoisotopic (exact) mass is 313 g/mol. The average molecular weight is 313 g/mol. The van der Waals surface area contributed by atoms with E-state index in [0.717, 1.165) is 32.4 Å². The van der Waals surface area contributed by atoms with E-state index in [2.05, 4.69) is 54.3 Å². The molecule has 1 aliphatic rings. The van der Waals surface area contributed by atoms with Gasteiger partial charge in [-0.2, -0.15) is 0 Å². The van der Waals surface area contributed by atoms with Crippen molar-refractivity contribution in [3.8, 4) is 0 Å². The molecule has 0 aromatic heterocycles. The Morgan fingerprint density at radius 2 is 1.96 bits per heavy atom. The Balaban J connectivity index is 1.75. The van der Waals surface area contributed by atoms with E-state index in [-0.39, 0.29) is 12.0 Å². The quantitative estimate of drug-likeness (QED) is 0.891. The highest BCUT2D eigenvalue weighted by atomic mass is 16.3. The van der Waals surface area contributed by atoms with Gasteiger partial charge in [0.15, 0.2) is 0 Å². The van der Waals surface area contributed by atoms with Crippen molar-refractivity contribution in [1.29, 1.82) is 0 Å². The second kappa shape index (κ2) is 7.00. The number of hydrogen-bond donors (Lipinski definition) is 2. The third-order valence-corrected chi connectivity index (χ3v) is 5.40. The van der Waals surface area contributed by atoms with E-state index in [1.54, 1.807) is 0 Å². The summed E-state index contributed by atoms with van der Waals surface area (Å²) in [6.45, 7) is 4.63. The molecule has 0 spiro atoms. The van der Waals surface area contributed by atoms with Crippen molar-refractivity contribution in [3.63, 3.8) is 0 Å². The number of likely N-dealkylation sites (tertiary alicyclic amines) is 1. The lowest BCUT2D eigenvalue weighted by atomic mass is 9.73. The van der Waals surface area contributed by atoms with E-state index in [1.807, 2.05) is 0 Å². The molecule has 0 bridgehead atoms. The Kier molecular flexibility index (Phi) is 5.00. The molecule has 23 heavy (non-hydrogen) atoms. The minimum atomic E-state index is -0.448. The predicted octanol–water partition coefficient (Wildman–Crippen LogP) is 3.19. The lowest BCUT2D eigenvalue weighted by Crippen LogP contribution is -2.52. The molecular weight excluding hydrogens is 286 g/mol. The molecule has 1 heterocycles. The van der Waals surface area contributed by atoms with Crippen molar-refractivity contribution < 1.29 is 10.2 Å². The summed E-state index contributed by atoms with van der Waals surface area (Å²) in [5.41, 5.74) is 1.01. The number of benzene rings is 2. The molecule has 1 aliphatic heterocycles. The number of nitrogens with zero attached hydrogens (tertiary/aromatic N) is 1. The van der Waals surface area contributed by atoms with Crippen LogP contribution in [-0.2, 0) is 6.54 Å². The maximum Gasteiger partial charge on any atom is 0.0745 e. The second-order valence-electron chi connectivity index (χ2n) is 6.91. The third kappa shape index (κ3) is 3.27. The van der Waals surface area contributed by atoms with Crippen LogP contribution in [0.15, 0.2) is 42.5 Å². The molecule has 0 saturated carbocycles. The minimum absolute atomic E-state index is 0.0874. The molecule has 1 saturated heterocycles. The Labute approximate surface area is 138 Å². The van der Waals surface area contributed by atoms with E-state index in [4.69, 9.17) is 0 Å². The van der Waals surface area contributed by atoms with E-state index < -0.39 is 6.10 Å². The normalized spacial score (nSPS) is 25.8. The Morgan fingerprint density at radius 3 is 2.70 bits per heavy atom. The van der Waals surface area contributed by atoms with Gasteiger partial charge in [-0.25, -0.2) is 0 Å². The smallest absolute Gasteiger partial charge is 0.0745 e. The molecular formula is C20H27NO2. The van der Waals surface area contributed by atoms with Gasteiger partial charge in [-0.15, -0.1) is 0 Å². The van der Waals surface area contributed by atoms with Gasteiger partial charge < -0.3 is 10.2 Å². The summed E-state index contributed by atoms with van der Waals surface area (Å²) in [6, 6.07) is 14.9. The van der Waals surface area contributed by atoms with Gasteiger partial charge in [-0.05, 0) is 35.7 Å². The van der Waals surface area contributed by atoms with Crippen molar-refractivity contribution in [2.45, 2.75) is 38.8 Å². The molecule has 2 aromatic rings. The highest BCUT2D eigenvalue weighted by Crippen LogP contribution is 2.36. The number of hydrogen-bond acceptors (Lipinski definition) is 3. The van der Waals surface area contributed by atoms with E-state index in [1.165, 1.54) is 16.3 Å². The molecule has 0 unspecified atom stereocenters. The number of β-amino-alcohol motifs (C(OH)–C–C–N with tert-alkyl or cyclic N) is 1. The lowest BCUT2D eigenvalue weighted by Gasteiger charge is -2.44. The molecule has 3 nitrogen and oxygen atoms in total. The molecule has 1 fully saturated rings. The fourth-order valence-electron chi connectivity index (χ4n) is 3.94. The maximum absolute atomic E-state index is 10.6.